The summed E-state index contributed by atoms with van der Waals surface area (Å²) in [5.74, 6) is -0.698. The Morgan fingerprint density at radius 3 is 2.00 bits per heavy atom. The maximum atomic E-state index is 11.9. The summed E-state index contributed by atoms with van der Waals surface area (Å²) >= 11 is 0. The lowest BCUT2D eigenvalue weighted by Crippen LogP contribution is -2.64. The minimum atomic E-state index is -0.769. The molecule has 0 bridgehead atoms. The van der Waals surface area contributed by atoms with Gasteiger partial charge in [0.2, 0.25) is 5.91 Å². The number of carbonyl (C=O) groups is 1. The molecule has 0 atom stereocenters. The second kappa shape index (κ2) is 7.25. The Morgan fingerprint density at radius 2 is 1.58 bits per heavy atom. The maximum Gasteiger partial charge on any atom is 0.220 e. The smallest absolute Gasteiger partial charge is 0.220 e. The minimum Gasteiger partial charge on any atom is -0.351 e. The van der Waals surface area contributed by atoms with Crippen molar-refractivity contribution in [2.75, 3.05) is 14.2 Å². The molecule has 4 nitrogen and oxygen atoms in total. The van der Waals surface area contributed by atoms with Crippen molar-refractivity contribution in [3.8, 4) is 0 Å². The molecule has 1 N–H and O–H groups in total. The summed E-state index contributed by atoms with van der Waals surface area (Å²) in [6.45, 7) is 3.81. The molecule has 0 unspecified atom stereocenters. The Kier molecular flexibility index (Phi) is 6.27. The molecule has 0 aromatic carbocycles. The van der Waals surface area contributed by atoms with Crippen LogP contribution in [0.2, 0.25) is 0 Å². The topological polar surface area (TPSA) is 47.6 Å². The Bertz CT molecular complexity index is 279. The third-order valence-corrected chi connectivity index (χ3v) is 4.56. The molecule has 0 heterocycles. The predicted molar refractivity (Wildman–Crippen MR) is 75.9 cm³/mol. The molecule has 1 aliphatic rings. The molecule has 0 radical (unpaired) electrons. The number of rotatable bonds is 5. The van der Waals surface area contributed by atoms with Gasteiger partial charge in [0.15, 0.2) is 5.79 Å². The van der Waals surface area contributed by atoms with Crippen LogP contribution in [0, 0.1) is 0 Å². The van der Waals surface area contributed by atoms with Crippen LogP contribution in [0.1, 0.15) is 65.2 Å². The first-order chi connectivity index (χ1) is 9.03. The second-order valence-electron chi connectivity index (χ2n) is 5.61. The summed E-state index contributed by atoms with van der Waals surface area (Å²) in [5.41, 5.74) is -0.413. The molecule has 1 aliphatic carbocycles. The van der Waals surface area contributed by atoms with Gasteiger partial charge in [-0.25, -0.2) is 0 Å². The van der Waals surface area contributed by atoms with E-state index in [-0.39, 0.29) is 5.91 Å². The molecule has 0 spiro atoms. The molecular formula is C15H29NO3. The summed E-state index contributed by atoms with van der Waals surface area (Å²) < 4.78 is 11.3. The molecular weight excluding hydrogens is 242 g/mol. The van der Waals surface area contributed by atoms with Crippen LogP contribution in [-0.4, -0.2) is 31.5 Å². The normalized spacial score (nSPS) is 20.4. The molecule has 1 fully saturated rings. The number of methoxy groups -OCH3 is 2. The van der Waals surface area contributed by atoms with Crippen molar-refractivity contribution in [2.24, 2.45) is 0 Å². The van der Waals surface area contributed by atoms with Crippen molar-refractivity contribution in [2.45, 2.75) is 76.5 Å². The van der Waals surface area contributed by atoms with Gasteiger partial charge in [0, 0.05) is 20.6 Å². The summed E-state index contributed by atoms with van der Waals surface area (Å²) in [6, 6.07) is 0. The van der Waals surface area contributed by atoms with E-state index < -0.39 is 11.3 Å². The largest absolute Gasteiger partial charge is 0.351 e. The van der Waals surface area contributed by atoms with Crippen LogP contribution >= 0.6 is 0 Å². The van der Waals surface area contributed by atoms with Crippen molar-refractivity contribution in [3.05, 3.63) is 0 Å². The lowest BCUT2D eigenvalue weighted by molar-refractivity contribution is -0.247. The standard InChI is InChI=1S/C15H29NO3/c1-5-13(17)16-15(14(2,18-3)19-4)11-9-7-6-8-10-12-15/h5-12H2,1-4H3,(H,16,17). The highest BCUT2D eigenvalue weighted by Crippen LogP contribution is 2.38. The van der Waals surface area contributed by atoms with Crippen LogP contribution < -0.4 is 5.32 Å². The van der Waals surface area contributed by atoms with Crippen molar-refractivity contribution in [1.82, 2.24) is 5.32 Å². The van der Waals surface area contributed by atoms with Crippen LogP contribution in [0.25, 0.3) is 0 Å². The average Bonchev–Trinajstić information content (AvgIpc) is 2.40. The number of hydrogen-bond acceptors (Lipinski definition) is 3. The van der Waals surface area contributed by atoms with Crippen LogP contribution in [0.15, 0.2) is 0 Å². The molecule has 0 aromatic heterocycles. The lowest BCUT2D eigenvalue weighted by atomic mass is 9.77. The molecule has 1 amide bonds. The van der Waals surface area contributed by atoms with E-state index in [4.69, 9.17) is 9.47 Å². The van der Waals surface area contributed by atoms with E-state index in [2.05, 4.69) is 5.32 Å². The molecule has 0 saturated heterocycles. The fraction of sp³-hybridized carbons (Fsp3) is 0.933. The number of hydrogen-bond donors (Lipinski definition) is 1. The lowest BCUT2D eigenvalue weighted by Gasteiger charge is -2.48. The number of nitrogens with one attached hydrogen (secondary N) is 1. The van der Waals surface area contributed by atoms with Crippen LogP contribution in [-0.2, 0) is 14.3 Å². The number of ether oxygens (including phenoxy) is 2. The SMILES string of the molecule is CCC(=O)NC1(C(C)(OC)OC)CCCCCCC1. The molecule has 112 valence electrons. The first-order valence-electron chi connectivity index (χ1n) is 7.45. The second-order valence-corrected chi connectivity index (χ2v) is 5.61. The van der Waals surface area contributed by atoms with Crippen LogP contribution in [0.5, 0.6) is 0 Å². The van der Waals surface area contributed by atoms with Gasteiger partial charge >= 0.3 is 0 Å². The zero-order valence-electron chi connectivity index (χ0n) is 12.9. The third kappa shape index (κ3) is 3.69. The Labute approximate surface area is 117 Å². The van der Waals surface area contributed by atoms with E-state index in [1.54, 1.807) is 14.2 Å². The van der Waals surface area contributed by atoms with E-state index in [0.29, 0.717) is 6.42 Å². The zero-order valence-corrected chi connectivity index (χ0v) is 12.9. The summed E-state index contributed by atoms with van der Waals surface area (Å²) in [6.07, 6.45) is 8.24. The summed E-state index contributed by atoms with van der Waals surface area (Å²) in [5, 5.41) is 3.20. The van der Waals surface area contributed by atoms with E-state index in [1.807, 2.05) is 13.8 Å². The van der Waals surface area contributed by atoms with Crippen molar-refractivity contribution >= 4 is 5.91 Å². The molecule has 0 aliphatic heterocycles. The quantitative estimate of drug-likeness (QED) is 0.782. The van der Waals surface area contributed by atoms with Gasteiger partial charge in [0.05, 0.1) is 5.54 Å². The predicted octanol–water partition coefficient (Wildman–Crippen LogP) is 3.00. The zero-order chi connectivity index (χ0) is 14.4. The molecule has 1 saturated carbocycles. The highest BCUT2D eigenvalue weighted by atomic mass is 16.7. The van der Waals surface area contributed by atoms with Gasteiger partial charge in [-0.1, -0.05) is 39.0 Å². The van der Waals surface area contributed by atoms with E-state index in [1.165, 1.54) is 19.3 Å². The van der Waals surface area contributed by atoms with E-state index in [0.717, 1.165) is 25.7 Å². The Morgan fingerprint density at radius 1 is 1.11 bits per heavy atom. The highest BCUT2D eigenvalue weighted by molar-refractivity contribution is 5.76. The van der Waals surface area contributed by atoms with Crippen molar-refractivity contribution < 1.29 is 14.3 Å². The Hall–Kier alpha value is -0.610. The monoisotopic (exact) mass is 271 g/mol. The van der Waals surface area contributed by atoms with Crippen molar-refractivity contribution in [1.29, 1.82) is 0 Å². The number of carbonyl (C=O) groups excluding carboxylic acids is 1. The highest BCUT2D eigenvalue weighted by Gasteiger charge is 2.49. The first-order valence-corrected chi connectivity index (χ1v) is 7.45. The van der Waals surface area contributed by atoms with Crippen LogP contribution in [0.4, 0.5) is 0 Å². The molecule has 1 rings (SSSR count). The third-order valence-electron chi connectivity index (χ3n) is 4.56. The first kappa shape index (κ1) is 16.4. The maximum absolute atomic E-state index is 11.9. The van der Waals surface area contributed by atoms with Crippen LogP contribution in [0.3, 0.4) is 0 Å². The van der Waals surface area contributed by atoms with Gasteiger partial charge in [0.1, 0.15) is 0 Å². The average molecular weight is 271 g/mol. The minimum absolute atomic E-state index is 0.0703. The van der Waals surface area contributed by atoms with Gasteiger partial charge in [0.25, 0.3) is 0 Å². The molecule has 0 aromatic rings. The van der Waals surface area contributed by atoms with Crippen molar-refractivity contribution in [3.63, 3.8) is 0 Å². The van der Waals surface area contributed by atoms with Gasteiger partial charge in [-0.15, -0.1) is 0 Å². The van der Waals surface area contributed by atoms with Gasteiger partial charge in [-0.05, 0) is 19.8 Å². The van der Waals surface area contributed by atoms with Gasteiger partial charge < -0.3 is 14.8 Å². The fourth-order valence-electron chi connectivity index (χ4n) is 3.03. The van der Waals surface area contributed by atoms with Gasteiger partial charge in [-0.3, -0.25) is 4.79 Å². The Balaban J connectivity index is 3.01. The van der Waals surface area contributed by atoms with E-state index in [9.17, 15) is 4.79 Å². The van der Waals surface area contributed by atoms with Gasteiger partial charge in [-0.2, -0.15) is 0 Å². The fourth-order valence-corrected chi connectivity index (χ4v) is 3.03. The molecule has 4 heteroatoms. The summed E-state index contributed by atoms with van der Waals surface area (Å²) in [4.78, 5) is 11.9. The number of amides is 1. The van der Waals surface area contributed by atoms with E-state index >= 15 is 0 Å². The summed E-state index contributed by atoms with van der Waals surface area (Å²) in [7, 11) is 3.31. The molecule has 19 heavy (non-hydrogen) atoms.